The highest BCUT2D eigenvalue weighted by Crippen LogP contribution is 2.44. The molecule has 6 aromatic carbocycles. The third-order valence-electron chi connectivity index (χ3n) is 8.20. The highest BCUT2D eigenvalue weighted by atomic mass is 15.1. The number of rotatable bonds is 3. The summed E-state index contributed by atoms with van der Waals surface area (Å²) in [6.45, 7) is 0. The van der Waals surface area contributed by atoms with Crippen LogP contribution in [0.15, 0.2) is 133 Å². The number of nitrogens with zero attached hydrogens (tertiary/aromatic N) is 4. The van der Waals surface area contributed by atoms with Crippen LogP contribution in [0.1, 0.15) is 11.1 Å². The lowest BCUT2D eigenvalue weighted by Gasteiger charge is -2.22. The Bertz CT molecular complexity index is 2320. The molecule has 2 heterocycles. The molecule has 2 aromatic heterocycles. The monoisotopic (exact) mass is 534 g/mol. The molecular weight excluding hydrogens is 512 g/mol. The fourth-order valence-corrected chi connectivity index (χ4v) is 6.49. The summed E-state index contributed by atoms with van der Waals surface area (Å²) in [5.41, 5.74) is 8.17. The van der Waals surface area contributed by atoms with Crippen molar-refractivity contribution >= 4 is 43.6 Å². The number of nitriles is 2. The molecule has 8 aromatic rings. The van der Waals surface area contributed by atoms with E-state index in [-0.39, 0.29) is 0 Å². The predicted octanol–water partition coefficient (Wildman–Crippen LogP) is 9.29. The average Bonchev–Trinajstić information content (AvgIpc) is 3.57. The van der Waals surface area contributed by atoms with Crippen molar-refractivity contribution in [3.8, 4) is 34.6 Å². The van der Waals surface area contributed by atoms with Gasteiger partial charge in [-0.15, -0.1) is 0 Å². The first-order valence-electron chi connectivity index (χ1n) is 13.8. The van der Waals surface area contributed by atoms with Gasteiger partial charge in [0, 0.05) is 27.1 Å². The van der Waals surface area contributed by atoms with Crippen molar-refractivity contribution in [2.24, 2.45) is 0 Å². The lowest BCUT2D eigenvalue weighted by atomic mass is 9.92. The minimum Gasteiger partial charge on any atom is -0.307 e. The average molecular weight is 535 g/mol. The van der Waals surface area contributed by atoms with Gasteiger partial charge in [0.25, 0.3) is 0 Å². The summed E-state index contributed by atoms with van der Waals surface area (Å²) < 4.78 is 4.52. The second-order valence-corrected chi connectivity index (χ2v) is 10.4. The van der Waals surface area contributed by atoms with Crippen LogP contribution in [0.4, 0.5) is 0 Å². The standard InChI is InChI=1S/C38H22N4/c39-23-26-22-36(41-32-18-8-4-14-27(32)28-15-5-9-19-33(28)41)38(37(31(26)24-40)25-12-2-1-3-13-25)42-34-20-10-6-16-29(34)30-17-7-11-21-35(30)42/h1-22H. The van der Waals surface area contributed by atoms with E-state index in [0.29, 0.717) is 11.1 Å². The maximum atomic E-state index is 10.6. The number of hydrogen-bond donors (Lipinski definition) is 0. The van der Waals surface area contributed by atoms with Crippen molar-refractivity contribution in [1.82, 2.24) is 9.13 Å². The second kappa shape index (κ2) is 9.24. The summed E-state index contributed by atoms with van der Waals surface area (Å²) in [6, 6.07) is 50.1. The number of benzene rings is 6. The zero-order valence-electron chi connectivity index (χ0n) is 22.5. The van der Waals surface area contributed by atoms with Crippen LogP contribution < -0.4 is 0 Å². The topological polar surface area (TPSA) is 57.4 Å². The molecule has 0 spiro atoms. The van der Waals surface area contributed by atoms with Gasteiger partial charge in [-0.1, -0.05) is 103 Å². The van der Waals surface area contributed by atoms with E-state index in [0.717, 1.165) is 66.1 Å². The van der Waals surface area contributed by atoms with Gasteiger partial charge in [0.2, 0.25) is 0 Å². The van der Waals surface area contributed by atoms with Crippen molar-refractivity contribution in [2.45, 2.75) is 0 Å². The largest absolute Gasteiger partial charge is 0.307 e. The highest BCUT2D eigenvalue weighted by Gasteiger charge is 2.26. The Morgan fingerprint density at radius 1 is 0.452 bits per heavy atom. The number of aromatic nitrogens is 2. The first kappa shape index (κ1) is 23.8. The maximum Gasteiger partial charge on any atom is 0.101 e. The second-order valence-electron chi connectivity index (χ2n) is 10.4. The van der Waals surface area contributed by atoms with Gasteiger partial charge in [-0.2, -0.15) is 10.5 Å². The zero-order valence-corrected chi connectivity index (χ0v) is 22.5. The summed E-state index contributed by atoms with van der Waals surface area (Å²) in [5, 5.41) is 25.5. The molecule has 4 nitrogen and oxygen atoms in total. The van der Waals surface area contributed by atoms with E-state index in [4.69, 9.17) is 0 Å². The summed E-state index contributed by atoms with van der Waals surface area (Å²) >= 11 is 0. The van der Waals surface area contributed by atoms with E-state index >= 15 is 0 Å². The van der Waals surface area contributed by atoms with E-state index in [1.54, 1.807) is 0 Å². The van der Waals surface area contributed by atoms with Gasteiger partial charge >= 0.3 is 0 Å². The summed E-state index contributed by atoms with van der Waals surface area (Å²) in [6.07, 6.45) is 0. The first-order chi connectivity index (χ1) is 20.8. The van der Waals surface area contributed by atoms with Crippen LogP contribution in [-0.4, -0.2) is 9.13 Å². The van der Waals surface area contributed by atoms with Crippen LogP contribution in [0.3, 0.4) is 0 Å². The molecule has 0 N–H and O–H groups in total. The molecular formula is C38H22N4. The Hall–Kier alpha value is -6.10. The van der Waals surface area contributed by atoms with Gasteiger partial charge in [0.1, 0.15) is 12.1 Å². The van der Waals surface area contributed by atoms with Gasteiger partial charge in [0.05, 0.1) is 44.6 Å². The minimum absolute atomic E-state index is 0.345. The molecule has 0 unspecified atom stereocenters. The molecule has 0 aliphatic carbocycles. The van der Waals surface area contributed by atoms with Crippen molar-refractivity contribution in [3.05, 3.63) is 145 Å². The molecule has 0 aliphatic heterocycles. The maximum absolute atomic E-state index is 10.6. The van der Waals surface area contributed by atoms with Gasteiger partial charge in [-0.25, -0.2) is 0 Å². The summed E-state index contributed by atoms with van der Waals surface area (Å²) in [4.78, 5) is 0. The number of fused-ring (bicyclic) bond motifs is 6. The van der Waals surface area contributed by atoms with Crippen LogP contribution in [0.5, 0.6) is 0 Å². The Morgan fingerprint density at radius 2 is 0.881 bits per heavy atom. The molecule has 0 bridgehead atoms. The number of para-hydroxylation sites is 4. The summed E-state index contributed by atoms with van der Waals surface area (Å²) in [5.74, 6) is 0. The normalized spacial score (nSPS) is 11.3. The number of hydrogen-bond acceptors (Lipinski definition) is 2. The molecule has 42 heavy (non-hydrogen) atoms. The third kappa shape index (κ3) is 3.27. The lowest BCUT2D eigenvalue weighted by Crippen LogP contribution is -2.08. The Labute approximate surface area is 242 Å². The van der Waals surface area contributed by atoms with Gasteiger partial charge in [-0.3, -0.25) is 0 Å². The van der Waals surface area contributed by atoms with Gasteiger partial charge in [-0.05, 0) is 35.9 Å². The van der Waals surface area contributed by atoms with Crippen LogP contribution >= 0.6 is 0 Å². The van der Waals surface area contributed by atoms with E-state index in [1.807, 2.05) is 48.5 Å². The Morgan fingerprint density at radius 3 is 1.33 bits per heavy atom. The van der Waals surface area contributed by atoms with E-state index < -0.39 is 0 Å². The molecule has 0 radical (unpaired) electrons. The van der Waals surface area contributed by atoms with Crippen molar-refractivity contribution < 1.29 is 0 Å². The van der Waals surface area contributed by atoms with Crippen molar-refractivity contribution in [2.75, 3.05) is 0 Å². The fourth-order valence-electron chi connectivity index (χ4n) is 6.49. The lowest BCUT2D eigenvalue weighted by molar-refractivity contribution is 1.09. The minimum atomic E-state index is 0.345. The molecule has 0 atom stereocenters. The quantitative estimate of drug-likeness (QED) is 0.227. The SMILES string of the molecule is N#Cc1cc(-n2c3ccccc3c3ccccc32)c(-n2c3ccccc3c3ccccc32)c(-c2ccccc2)c1C#N. The molecule has 194 valence electrons. The van der Waals surface area contributed by atoms with E-state index in [9.17, 15) is 10.5 Å². The molecule has 4 heteroatoms. The molecule has 0 amide bonds. The van der Waals surface area contributed by atoms with Crippen LogP contribution in [0.25, 0.3) is 66.1 Å². The Balaban J connectivity index is 1.68. The Kier molecular flexibility index (Phi) is 5.22. The van der Waals surface area contributed by atoms with E-state index in [2.05, 4.69) is 106 Å². The first-order valence-corrected chi connectivity index (χ1v) is 13.8. The molecule has 8 rings (SSSR count). The van der Waals surface area contributed by atoms with Crippen LogP contribution in [-0.2, 0) is 0 Å². The third-order valence-corrected chi connectivity index (χ3v) is 8.20. The van der Waals surface area contributed by atoms with Crippen molar-refractivity contribution in [1.29, 1.82) is 10.5 Å². The predicted molar refractivity (Wildman–Crippen MR) is 170 cm³/mol. The molecule has 0 aliphatic rings. The van der Waals surface area contributed by atoms with E-state index in [1.165, 1.54) is 0 Å². The van der Waals surface area contributed by atoms with Gasteiger partial charge < -0.3 is 9.13 Å². The molecule has 0 saturated carbocycles. The van der Waals surface area contributed by atoms with Crippen molar-refractivity contribution in [3.63, 3.8) is 0 Å². The molecule has 0 fully saturated rings. The smallest absolute Gasteiger partial charge is 0.101 e. The van der Waals surface area contributed by atoms with Crippen LogP contribution in [0, 0.1) is 22.7 Å². The molecule has 0 saturated heterocycles. The van der Waals surface area contributed by atoms with Crippen LogP contribution in [0.2, 0.25) is 0 Å². The summed E-state index contributed by atoms with van der Waals surface area (Å²) in [7, 11) is 0. The highest BCUT2D eigenvalue weighted by molar-refractivity contribution is 6.12. The fraction of sp³-hybridized carbons (Fsp3) is 0. The van der Waals surface area contributed by atoms with Gasteiger partial charge in [0.15, 0.2) is 0 Å². The zero-order chi connectivity index (χ0) is 28.2.